The monoisotopic (exact) mass is 283 g/mol. The van der Waals surface area contributed by atoms with Gasteiger partial charge in [0.2, 0.25) is 0 Å². The summed E-state index contributed by atoms with van der Waals surface area (Å²) >= 11 is 11.8. The van der Waals surface area contributed by atoms with E-state index < -0.39 is 0 Å². The van der Waals surface area contributed by atoms with E-state index in [1.54, 1.807) is 27.6 Å². The Morgan fingerprint density at radius 3 is 2.78 bits per heavy atom. The fourth-order valence-electron chi connectivity index (χ4n) is 1.91. The summed E-state index contributed by atoms with van der Waals surface area (Å²) in [6.45, 7) is 0.418. The van der Waals surface area contributed by atoms with Crippen molar-refractivity contribution in [3.63, 3.8) is 0 Å². The van der Waals surface area contributed by atoms with Gasteiger partial charge >= 0.3 is 5.69 Å². The van der Waals surface area contributed by atoms with Crippen LogP contribution in [0, 0.1) is 0 Å². The summed E-state index contributed by atoms with van der Waals surface area (Å²) in [7, 11) is 0. The predicted octanol–water partition coefficient (Wildman–Crippen LogP) is 2.73. The molecule has 0 saturated heterocycles. The highest BCUT2D eigenvalue weighted by Crippen LogP contribution is 2.33. The van der Waals surface area contributed by atoms with Gasteiger partial charge in [-0.25, -0.2) is 9.78 Å². The molecule has 2 aromatic rings. The Morgan fingerprint density at radius 1 is 1.33 bits per heavy atom. The molecular formula is C12H11Cl2N3O. The molecule has 0 aliphatic heterocycles. The van der Waals surface area contributed by atoms with E-state index in [9.17, 15) is 4.79 Å². The molecule has 0 atom stereocenters. The van der Waals surface area contributed by atoms with Crippen LogP contribution in [-0.2, 0) is 6.54 Å². The Hall–Kier alpha value is -1.26. The van der Waals surface area contributed by atoms with E-state index in [0.29, 0.717) is 22.8 Å². The first kappa shape index (κ1) is 11.8. The number of halogens is 2. The SMILES string of the molecule is O=c1n(Cc2cnc(Cl)cc2Cl)ccn1C1CC1. The zero-order valence-corrected chi connectivity index (χ0v) is 11.0. The maximum Gasteiger partial charge on any atom is 0.328 e. The predicted molar refractivity (Wildman–Crippen MR) is 70.3 cm³/mol. The van der Waals surface area contributed by atoms with Crippen LogP contribution in [0.1, 0.15) is 24.4 Å². The quantitative estimate of drug-likeness (QED) is 0.813. The van der Waals surface area contributed by atoms with Gasteiger partial charge in [-0.1, -0.05) is 23.2 Å². The van der Waals surface area contributed by atoms with Crippen LogP contribution in [0.4, 0.5) is 0 Å². The van der Waals surface area contributed by atoms with Gasteiger partial charge in [-0.2, -0.15) is 0 Å². The summed E-state index contributed by atoms with van der Waals surface area (Å²) in [6, 6.07) is 1.97. The molecule has 0 amide bonds. The minimum absolute atomic E-state index is 0.00326. The van der Waals surface area contributed by atoms with E-state index >= 15 is 0 Å². The second kappa shape index (κ2) is 4.44. The molecule has 0 spiro atoms. The summed E-state index contributed by atoms with van der Waals surface area (Å²) in [4.78, 5) is 16.0. The van der Waals surface area contributed by atoms with E-state index in [4.69, 9.17) is 23.2 Å². The van der Waals surface area contributed by atoms with Crippen molar-refractivity contribution in [1.29, 1.82) is 0 Å². The first-order valence-electron chi connectivity index (χ1n) is 5.72. The second-order valence-electron chi connectivity index (χ2n) is 4.45. The zero-order chi connectivity index (χ0) is 12.7. The topological polar surface area (TPSA) is 39.8 Å². The largest absolute Gasteiger partial charge is 0.328 e. The number of aromatic nitrogens is 3. The molecule has 2 heterocycles. The molecule has 6 heteroatoms. The van der Waals surface area contributed by atoms with Gasteiger partial charge in [0.1, 0.15) is 5.15 Å². The van der Waals surface area contributed by atoms with Crippen molar-refractivity contribution >= 4 is 23.2 Å². The van der Waals surface area contributed by atoms with Crippen LogP contribution in [0.15, 0.2) is 29.5 Å². The van der Waals surface area contributed by atoms with E-state index in [1.807, 2.05) is 6.20 Å². The van der Waals surface area contributed by atoms with Gasteiger partial charge in [-0.05, 0) is 18.9 Å². The Labute approximate surface area is 114 Å². The molecule has 94 valence electrons. The maximum atomic E-state index is 12.1. The first-order chi connectivity index (χ1) is 8.65. The normalized spacial score (nSPS) is 15.0. The highest BCUT2D eigenvalue weighted by atomic mass is 35.5. The summed E-state index contributed by atoms with van der Waals surface area (Å²) in [6.07, 6.45) is 7.40. The molecule has 0 aromatic carbocycles. The van der Waals surface area contributed by atoms with Crippen molar-refractivity contribution in [2.45, 2.75) is 25.4 Å². The molecule has 0 bridgehead atoms. The maximum absolute atomic E-state index is 12.1. The van der Waals surface area contributed by atoms with Crippen molar-refractivity contribution in [3.05, 3.63) is 50.9 Å². The minimum atomic E-state index is 0.00326. The van der Waals surface area contributed by atoms with Crippen LogP contribution in [0.3, 0.4) is 0 Å². The minimum Gasteiger partial charge on any atom is -0.296 e. The molecule has 0 radical (unpaired) electrons. The molecule has 0 unspecified atom stereocenters. The molecule has 3 rings (SSSR count). The summed E-state index contributed by atoms with van der Waals surface area (Å²) < 4.78 is 3.41. The van der Waals surface area contributed by atoms with E-state index in [2.05, 4.69) is 4.98 Å². The molecule has 2 aromatic heterocycles. The van der Waals surface area contributed by atoms with Crippen LogP contribution >= 0.6 is 23.2 Å². The smallest absolute Gasteiger partial charge is 0.296 e. The number of nitrogens with zero attached hydrogens (tertiary/aromatic N) is 3. The highest BCUT2D eigenvalue weighted by Gasteiger charge is 2.25. The number of hydrogen-bond donors (Lipinski definition) is 0. The third-order valence-corrected chi connectivity index (χ3v) is 3.61. The van der Waals surface area contributed by atoms with Gasteiger partial charge in [0.15, 0.2) is 0 Å². The second-order valence-corrected chi connectivity index (χ2v) is 5.24. The fourth-order valence-corrected chi connectivity index (χ4v) is 2.34. The lowest BCUT2D eigenvalue weighted by Crippen LogP contribution is -2.23. The van der Waals surface area contributed by atoms with Crippen LogP contribution in [0.2, 0.25) is 10.2 Å². The standard InChI is InChI=1S/C12H11Cl2N3O/c13-10-5-11(14)15-6-8(10)7-16-3-4-17(12(16)18)9-1-2-9/h3-6,9H,1-2,7H2. The molecule has 1 aliphatic rings. The van der Waals surface area contributed by atoms with Crippen molar-refractivity contribution in [2.75, 3.05) is 0 Å². The van der Waals surface area contributed by atoms with Crippen LogP contribution in [0.25, 0.3) is 0 Å². The Bertz CT molecular complexity index is 643. The van der Waals surface area contributed by atoms with Gasteiger partial charge < -0.3 is 0 Å². The van der Waals surface area contributed by atoms with Crippen molar-refractivity contribution < 1.29 is 0 Å². The Balaban J connectivity index is 1.90. The fraction of sp³-hybridized carbons (Fsp3) is 0.333. The number of pyridine rings is 1. The van der Waals surface area contributed by atoms with Crippen molar-refractivity contribution in [1.82, 2.24) is 14.1 Å². The summed E-state index contributed by atoms with van der Waals surface area (Å²) in [5, 5.41) is 0.882. The zero-order valence-electron chi connectivity index (χ0n) is 9.51. The lowest BCUT2D eigenvalue weighted by molar-refractivity contribution is 0.655. The summed E-state index contributed by atoms with van der Waals surface area (Å²) in [5.41, 5.74) is 0.792. The average Bonchev–Trinajstić information content (AvgIpc) is 3.10. The third-order valence-electron chi connectivity index (χ3n) is 3.05. The summed E-state index contributed by atoms with van der Waals surface area (Å²) in [5.74, 6) is 0. The van der Waals surface area contributed by atoms with Crippen LogP contribution in [0.5, 0.6) is 0 Å². The van der Waals surface area contributed by atoms with Gasteiger partial charge in [-0.15, -0.1) is 0 Å². The molecule has 18 heavy (non-hydrogen) atoms. The number of rotatable bonds is 3. The van der Waals surface area contributed by atoms with Gasteiger partial charge in [0, 0.05) is 30.2 Å². The Kier molecular flexibility index (Phi) is 2.92. The molecule has 0 N–H and O–H groups in total. The van der Waals surface area contributed by atoms with Gasteiger partial charge in [0.05, 0.1) is 11.6 Å². The van der Waals surface area contributed by atoms with Crippen LogP contribution < -0.4 is 5.69 Å². The van der Waals surface area contributed by atoms with E-state index in [1.165, 1.54) is 0 Å². The molecule has 1 aliphatic carbocycles. The van der Waals surface area contributed by atoms with E-state index in [0.717, 1.165) is 18.4 Å². The van der Waals surface area contributed by atoms with Gasteiger partial charge in [-0.3, -0.25) is 9.13 Å². The van der Waals surface area contributed by atoms with Crippen molar-refractivity contribution in [3.8, 4) is 0 Å². The Morgan fingerprint density at radius 2 is 2.11 bits per heavy atom. The van der Waals surface area contributed by atoms with Gasteiger partial charge in [0.25, 0.3) is 0 Å². The lowest BCUT2D eigenvalue weighted by atomic mass is 10.3. The first-order valence-corrected chi connectivity index (χ1v) is 6.48. The number of hydrogen-bond acceptors (Lipinski definition) is 2. The number of imidazole rings is 1. The third kappa shape index (κ3) is 2.18. The van der Waals surface area contributed by atoms with Crippen LogP contribution in [-0.4, -0.2) is 14.1 Å². The molecule has 1 fully saturated rings. The lowest BCUT2D eigenvalue weighted by Gasteiger charge is -2.04. The molecular weight excluding hydrogens is 273 g/mol. The van der Waals surface area contributed by atoms with E-state index in [-0.39, 0.29) is 5.69 Å². The highest BCUT2D eigenvalue weighted by molar-refractivity contribution is 6.34. The average molecular weight is 284 g/mol. The van der Waals surface area contributed by atoms with Crippen molar-refractivity contribution in [2.24, 2.45) is 0 Å². The molecule has 4 nitrogen and oxygen atoms in total. The molecule has 1 saturated carbocycles.